The minimum atomic E-state index is 0.205. The van der Waals surface area contributed by atoms with E-state index >= 15 is 0 Å². The summed E-state index contributed by atoms with van der Waals surface area (Å²) in [6, 6.07) is 10.00. The van der Waals surface area contributed by atoms with Crippen molar-refractivity contribution in [3.05, 3.63) is 42.1 Å². The lowest BCUT2D eigenvalue weighted by molar-refractivity contribution is 0.308. The van der Waals surface area contributed by atoms with Gasteiger partial charge in [-0.2, -0.15) is 0 Å². The maximum atomic E-state index is 8.55. The molecule has 5 nitrogen and oxygen atoms in total. The predicted octanol–water partition coefficient (Wildman–Crippen LogP) is 1.41. The van der Waals surface area contributed by atoms with E-state index in [9.17, 15) is 0 Å². The van der Waals surface area contributed by atoms with Crippen LogP contribution in [0.3, 0.4) is 0 Å². The van der Waals surface area contributed by atoms with Crippen LogP contribution < -0.4 is 5.73 Å². The maximum Gasteiger partial charge on any atom is 0.153 e. The van der Waals surface area contributed by atoms with Crippen LogP contribution in [0.15, 0.2) is 41.7 Å². The van der Waals surface area contributed by atoms with Crippen molar-refractivity contribution in [3.63, 3.8) is 0 Å². The minimum absolute atomic E-state index is 0.205. The minimum Gasteiger partial charge on any atom is -0.409 e. The van der Waals surface area contributed by atoms with Crippen LogP contribution in [0.5, 0.6) is 0 Å². The summed E-state index contributed by atoms with van der Waals surface area (Å²) in [5, 5.41) is 12.7. The largest absolute Gasteiger partial charge is 0.409 e. The third-order valence-corrected chi connectivity index (χ3v) is 2.74. The molecule has 94 valence electrons. The van der Waals surface area contributed by atoms with Gasteiger partial charge in [-0.15, -0.1) is 0 Å². The van der Waals surface area contributed by atoms with E-state index in [1.54, 1.807) is 6.20 Å². The van der Waals surface area contributed by atoms with Gasteiger partial charge in [0.2, 0.25) is 0 Å². The number of rotatable bonds is 4. The Kier molecular flexibility index (Phi) is 3.74. The predicted molar refractivity (Wildman–Crippen MR) is 71.5 cm³/mol. The van der Waals surface area contributed by atoms with E-state index in [1.165, 1.54) is 5.56 Å². The Hall–Kier alpha value is -2.14. The molecule has 0 amide bonds. The van der Waals surface area contributed by atoms with Gasteiger partial charge < -0.3 is 10.9 Å². The summed E-state index contributed by atoms with van der Waals surface area (Å²) in [6.45, 7) is 1.15. The summed E-state index contributed by atoms with van der Waals surface area (Å²) in [7, 11) is 1.92. The third kappa shape index (κ3) is 2.75. The molecule has 0 fully saturated rings. The van der Waals surface area contributed by atoms with Crippen LogP contribution in [0.25, 0.3) is 10.9 Å². The van der Waals surface area contributed by atoms with Crippen LogP contribution in [-0.2, 0) is 6.54 Å². The van der Waals surface area contributed by atoms with E-state index in [0.717, 1.165) is 17.4 Å². The summed E-state index contributed by atoms with van der Waals surface area (Å²) in [6.07, 6.45) is 1.80. The number of nitrogens with zero attached hydrogens (tertiary/aromatic N) is 3. The second-order valence-corrected chi connectivity index (χ2v) is 4.25. The van der Waals surface area contributed by atoms with E-state index in [-0.39, 0.29) is 5.84 Å². The molecule has 0 aliphatic carbocycles. The second kappa shape index (κ2) is 5.46. The van der Waals surface area contributed by atoms with Crippen molar-refractivity contribution in [2.24, 2.45) is 10.9 Å². The Labute approximate surface area is 106 Å². The van der Waals surface area contributed by atoms with E-state index < -0.39 is 0 Å². The fourth-order valence-corrected chi connectivity index (χ4v) is 1.95. The lowest BCUT2D eigenvalue weighted by atomic mass is 10.1. The first-order valence-electron chi connectivity index (χ1n) is 5.68. The molecule has 0 bridgehead atoms. The number of para-hydroxylation sites is 1. The van der Waals surface area contributed by atoms with Crippen LogP contribution in [0.1, 0.15) is 5.56 Å². The molecule has 1 aromatic carbocycles. The van der Waals surface area contributed by atoms with E-state index in [1.807, 2.05) is 36.2 Å². The molecule has 0 saturated carbocycles. The van der Waals surface area contributed by atoms with E-state index in [4.69, 9.17) is 10.9 Å². The van der Waals surface area contributed by atoms with Gasteiger partial charge in [-0.05, 0) is 24.7 Å². The van der Waals surface area contributed by atoms with Crippen LogP contribution in [-0.4, -0.2) is 34.5 Å². The van der Waals surface area contributed by atoms with E-state index in [0.29, 0.717) is 6.54 Å². The van der Waals surface area contributed by atoms with Crippen molar-refractivity contribution in [1.82, 2.24) is 9.88 Å². The highest BCUT2D eigenvalue weighted by atomic mass is 16.4. The fourth-order valence-electron chi connectivity index (χ4n) is 1.95. The van der Waals surface area contributed by atoms with Crippen LogP contribution in [0.2, 0.25) is 0 Å². The number of aromatic nitrogens is 1. The topological polar surface area (TPSA) is 74.7 Å². The molecule has 1 heterocycles. The molecule has 2 rings (SSSR count). The number of nitrogens with two attached hydrogens (primary N) is 1. The van der Waals surface area contributed by atoms with Gasteiger partial charge in [0.05, 0.1) is 12.1 Å². The average Bonchev–Trinajstić information content (AvgIpc) is 2.39. The van der Waals surface area contributed by atoms with Crippen LogP contribution in [0.4, 0.5) is 0 Å². The van der Waals surface area contributed by atoms with Crippen molar-refractivity contribution in [2.45, 2.75) is 6.54 Å². The first kappa shape index (κ1) is 12.3. The molecule has 2 aromatic rings. The Balaban J connectivity index is 2.21. The number of likely N-dealkylation sites (N-methyl/N-ethyl adjacent to an activating group) is 1. The Bertz CT molecular complexity index is 562. The summed E-state index contributed by atoms with van der Waals surface area (Å²) in [5.41, 5.74) is 7.64. The van der Waals surface area contributed by atoms with Gasteiger partial charge in [0.15, 0.2) is 5.84 Å². The first-order chi connectivity index (χ1) is 8.70. The Morgan fingerprint density at radius 1 is 1.39 bits per heavy atom. The van der Waals surface area contributed by atoms with Crippen molar-refractivity contribution in [1.29, 1.82) is 0 Å². The number of pyridine rings is 1. The zero-order valence-electron chi connectivity index (χ0n) is 10.2. The Morgan fingerprint density at radius 3 is 2.94 bits per heavy atom. The summed E-state index contributed by atoms with van der Waals surface area (Å²) >= 11 is 0. The number of hydrogen-bond acceptors (Lipinski definition) is 4. The van der Waals surface area contributed by atoms with Crippen molar-refractivity contribution in [3.8, 4) is 0 Å². The molecular formula is C13H16N4O. The quantitative estimate of drug-likeness (QED) is 0.369. The van der Waals surface area contributed by atoms with Gasteiger partial charge in [0, 0.05) is 18.1 Å². The molecule has 1 aromatic heterocycles. The van der Waals surface area contributed by atoms with Crippen molar-refractivity contribution < 1.29 is 5.21 Å². The molecular weight excluding hydrogens is 228 g/mol. The molecule has 0 unspecified atom stereocenters. The van der Waals surface area contributed by atoms with Crippen LogP contribution >= 0.6 is 0 Å². The molecule has 18 heavy (non-hydrogen) atoms. The van der Waals surface area contributed by atoms with Gasteiger partial charge in [0.1, 0.15) is 0 Å². The highest BCUT2D eigenvalue weighted by molar-refractivity contribution is 5.83. The molecule has 0 atom stereocenters. The normalized spacial score (nSPS) is 12.2. The molecule has 0 saturated heterocycles. The van der Waals surface area contributed by atoms with Crippen LogP contribution in [0, 0.1) is 0 Å². The molecule has 0 aliphatic rings. The van der Waals surface area contributed by atoms with Crippen molar-refractivity contribution >= 4 is 16.7 Å². The summed E-state index contributed by atoms with van der Waals surface area (Å²) < 4.78 is 0. The van der Waals surface area contributed by atoms with Gasteiger partial charge in [0.25, 0.3) is 0 Å². The zero-order valence-corrected chi connectivity index (χ0v) is 10.2. The Morgan fingerprint density at radius 2 is 2.17 bits per heavy atom. The number of hydrogen-bond donors (Lipinski definition) is 2. The van der Waals surface area contributed by atoms with E-state index in [2.05, 4.69) is 16.2 Å². The second-order valence-electron chi connectivity index (χ2n) is 4.25. The number of fused-ring (bicyclic) bond motifs is 1. The third-order valence-electron chi connectivity index (χ3n) is 2.74. The zero-order chi connectivity index (χ0) is 13.0. The molecule has 5 heteroatoms. The average molecular weight is 244 g/mol. The number of amidine groups is 1. The maximum absolute atomic E-state index is 8.55. The number of benzene rings is 1. The highest BCUT2D eigenvalue weighted by Gasteiger charge is 2.06. The molecule has 0 aliphatic heterocycles. The lowest BCUT2D eigenvalue weighted by Gasteiger charge is -2.16. The van der Waals surface area contributed by atoms with Crippen molar-refractivity contribution in [2.75, 3.05) is 13.6 Å². The van der Waals surface area contributed by atoms with Gasteiger partial charge in [-0.1, -0.05) is 23.4 Å². The number of oxime groups is 1. The van der Waals surface area contributed by atoms with Gasteiger partial charge >= 0.3 is 0 Å². The van der Waals surface area contributed by atoms with Gasteiger partial charge in [-0.3, -0.25) is 9.88 Å². The standard InChI is InChI=1S/C13H16N4O/c1-17(9-13(14)16-18)8-10-6-7-15-12-5-3-2-4-11(10)12/h2-7,18H,8-9H2,1H3,(H2,14,16). The lowest BCUT2D eigenvalue weighted by Crippen LogP contribution is -2.30. The molecule has 3 N–H and O–H groups in total. The fraction of sp³-hybridized carbons (Fsp3) is 0.231. The first-order valence-corrected chi connectivity index (χ1v) is 5.68. The summed E-state index contributed by atoms with van der Waals surface area (Å²) in [4.78, 5) is 6.30. The monoisotopic (exact) mass is 244 g/mol. The van der Waals surface area contributed by atoms with Gasteiger partial charge in [-0.25, -0.2) is 0 Å². The molecule has 0 spiro atoms. The highest BCUT2D eigenvalue weighted by Crippen LogP contribution is 2.17. The smallest absolute Gasteiger partial charge is 0.153 e. The summed E-state index contributed by atoms with van der Waals surface area (Å²) in [5.74, 6) is 0.205. The SMILES string of the molecule is CN(CC(N)=NO)Cc1ccnc2ccccc12. The molecule has 0 radical (unpaired) electrons.